The van der Waals surface area contributed by atoms with Gasteiger partial charge in [0.2, 0.25) is 0 Å². The van der Waals surface area contributed by atoms with Gasteiger partial charge in [0.05, 0.1) is 10.9 Å². The van der Waals surface area contributed by atoms with Crippen molar-refractivity contribution in [3.05, 3.63) is 94.5 Å². The first-order chi connectivity index (χ1) is 14.7. The van der Waals surface area contributed by atoms with E-state index in [-0.39, 0.29) is 16.8 Å². The molecule has 3 aromatic rings. The van der Waals surface area contributed by atoms with Crippen LogP contribution in [0.1, 0.15) is 52.0 Å². The zero-order valence-electron chi connectivity index (χ0n) is 18.3. The summed E-state index contributed by atoms with van der Waals surface area (Å²) in [7, 11) is -3.85. The number of hydrogen-bond acceptors (Lipinski definition) is 3. The number of aryl methyl sites for hydroxylation is 3. The van der Waals surface area contributed by atoms with E-state index < -0.39 is 10.0 Å². The van der Waals surface area contributed by atoms with E-state index in [1.807, 2.05) is 57.2 Å². The molecule has 2 N–H and O–H groups in total. The van der Waals surface area contributed by atoms with E-state index >= 15 is 0 Å². The number of amides is 1. The zero-order chi connectivity index (χ0) is 22.6. The Hall–Kier alpha value is -3.12. The smallest absolute Gasteiger partial charge is 0.262 e. The molecule has 1 atom stereocenters. The summed E-state index contributed by atoms with van der Waals surface area (Å²) in [5.41, 5.74) is 4.32. The number of anilines is 1. The van der Waals surface area contributed by atoms with Crippen LogP contribution in [0.5, 0.6) is 0 Å². The van der Waals surface area contributed by atoms with Crippen molar-refractivity contribution < 1.29 is 13.2 Å². The summed E-state index contributed by atoms with van der Waals surface area (Å²) in [6.07, 6.45) is 0.723. The monoisotopic (exact) mass is 436 g/mol. The molecule has 0 saturated heterocycles. The SMILES string of the molecule is CC[C@@H](NC(=O)c1ccc(C)c(S(=O)(=O)Nc2cc(C)cc(C)c2)c1)c1ccccc1. The van der Waals surface area contributed by atoms with Crippen LogP contribution in [0.4, 0.5) is 5.69 Å². The number of rotatable bonds is 7. The topological polar surface area (TPSA) is 75.3 Å². The molecule has 0 saturated carbocycles. The van der Waals surface area contributed by atoms with Gasteiger partial charge in [-0.2, -0.15) is 0 Å². The molecule has 3 aromatic carbocycles. The second-order valence-corrected chi connectivity index (χ2v) is 9.46. The molecule has 0 aromatic heterocycles. The molecular formula is C25H28N2O3S. The molecule has 1 amide bonds. The van der Waals surface area contributed by atoms with Crippen LogP contribution in [-0.2, 0) is 10.0 Å². The van der Waals surface area contributed by atoms with Crippen LogP contribution in [0.3, 0.4) is 0 Å². The summed E-state index contributed by atoms with van der Waals surface area (Å²) in [6.45, 7) is 7.54. The van der Waals surface area contributed by atoms with E-state index in [1.54, 1.807) is 31.2 Å². The highest BCUT2D eigenvalue weighted by Gasteiger charge is 2.21. The maximum absolute atomic E-state index is 13.1. The highest BCUT2D eigenvalue weighted by atomic mass is 32.2. The largest absolute Gasteiger partial charge is 0.345 e. The van der Waals surface area contributed by atoms with Crippen LogP contribution in [-0.4, -0.2) is 14.3 Å². The van der Waals surface area contributed by atoms with Gasteiger partial charge in [-0.05, 0) is 73.7 Å². The summed E-state index contributed by atoms with van der Waals surface area (Å²) < 4.78 is 28.8. The minimum Gasteiger partial charge on any atom is -0.345 e. The zero-order valence-corrected chi connectivity index (χ0v) is 19.1. The fourth-order valence-electron chi connectivity index (χ4n) is 3.62. The second kappa shape index (κ2) is 9.35. The lowest BCUT2D eigenvalue weighted by Crippen LogP contribution is -2.28. The predicted molar refractivity (Wildman–Crippen MR) is 125 cm³/mol. The van der Waals surface area contributed by atoms with E-state index in [4.69, 9.17) is 0 Å². The van der Waals surface area contributed by atoms with Crippen molar-refractivity contribution in [1.82, 2.24) is 5.32 Å². The molecule has 162 valence electrons. The van der Waals surface area contributed by atoms with Crippen LogP contribution < -0.4 is 10.0 Å². The van der Waals surface area contributed by atoms with Gasteiger partial charge in [0.1, 0.15) is 0 Å². The average molecular weight is 437 g/mol. The van der Waals surface area contributed by atoms with Crippen molar-refractivity contribution in [3.8, 4) is 0 Å². The number of benzene rings is 3. The molecule has 31 heavy (non-hydrogen) atoms. The minimum absolute atomic E-state index is 0.0899. The molecule has 3 rings (SSSR count). The van der Waals surface area contributed by atoms with Gasteiger partial charge in [-0.3, -0.25) is 9.52 Å². The average Bonchev–Trinajstić information content (AvgIpc) is 2.71. The third kappa shape index (κ3) is 5.52. The standard InChI is InChI=1S/C25H28N2O3S/c1-5-23(20-9-7-6-8-10-20)26-25(28)21-12-11-19(4)24(16-21)31(29,30)27-22-14-17(2)13-18(3)15-22/h6-16,23,27H,5H2,1-4H3,(H,26,28)/t23-/m1/s1. The highest BCUT2D eigenvalue weighted by Crippen LogP contribution is 2.23. The maximum Gasteiger partial charge on any atom is 0.262 e. The fraction of sp³-hybridized carbons (Fsp3) is 0.240. The Labute approximate surface area is 184 Å². The molecule has 0 unspecified atom stereocenters. The summed E-state index contributed by atoms with van der Waals surface area (Å²) in [4.78, 5) is 13.0. The highest BCUT2D eigenvalue weighted by molar-refractivity contribution is 7.92. The molecule has 0 spiro atoms. The van der Waals surface area contributed by atoms with Gasteiger partial charge < -0.3 is 5.32 Å². The summed E-state index contributed by atoms with van der Waals surface area (Å²) in [5.74, 6) is -0.307. The number of carbonyl (C=O) groups is 1. The Morgan fingerprint density at radius 1 is 0.903 bits per heavy atom. The first-order valence-corrected chi connectivity index (χ1v) is 11.8. The molecule has 0 aliphatic rings. The lowest BCUT2D eigenvalue weighted by Gasteiger charge is -2.18. The van der Waals surface area contributed by atoms with Crippen LogP contribution in [0, 0.1) is 20.8 Å². The molecule has 0 bridgehead atoms. The third-order valence-corrected chi connectivity index (χ3v) is 6.65. The third-order valence-electron chi connectivity index (χ3n) is 5.13. The maximum atomic E-state index is 13.1. The molecule has 6 heteroatoms. The van der Waals surface area contributed by atoms with Gasteiger partial charge >= 0.3 is 0 Å². The summed E-state index contributed by atoms with van der Waals surface area (Å²) in [5, 5.41) is 3.01. The molecule has 0 heterocycles. The lowest BCUT2D eigenvalue weighted by atomic mass is 10.0. The van der Waals surface area contributed by atoms with Crippen LogP contribution >= 0.6 is 0 Å². The molecule has 0 aliphatic carbocycles. The molecule has 0 aliphatic heterocycles. The first-order valence-electron chi connectivity index (χ1n) is 10.3. The van der Waals surface area contributed by atoms with E-state index in [2.05, 4.69) is 10.0 Å². The Morgan fingerprint density at radius 2 is 1.55 bits per heavy atom. The van der Waals surface area contributed by atoms with Crippen LogP contribution in [0.25, 0.3) is 0 Å². The molecule has 5 nitrogen and oxygen atoms in total. The van der Waals surface area contributed by atoms with Crippen molar-refractivity contribution >= 4 is 21.6 Å². The van der Waals surface area contributed by atoms with E-state index in [0.29, 0.717) is 16.8 Å². The number of hydrogen-bond donors (Lipinski definition) is 2. The number of carbonyl (C=O) groups excluding carboxylic acids is 1. The van der Waals surface area contributed by atoms with E-state index in [1.165, 1.54) is 6.07 Å². The quantitative estimate of drug-likeness (QED) is 0.528. The number of nitrogens with one attached hydrogen (secondary N) is 2. The molecular weight excluding hydrogens is 408 g/mol. The van der Waals surface area contributed by atoms with E-state index in [9.17, 15) is 13.2 Å². The van der Waals surface area contributed by atoms with Gasteiger partial charge in [-0.1, -0.05) is 49.4 Å². The van der Waals surface area contributed by atoms with Crippen molar-refractivity contribution in [3.63, 3.8) is 0 Å². The van der Waals surface area contributed by atoms with Crippen molar-refractivity contribution in [1.29, 1.82) is 0 Å². The number of sulfonamides is 1. The Morgan fingerprint density at radius 3 is 2.16 bits per heavy atom. The lowest BCUT2D eigenvalue weighted by molar-refractivity contribution is 0.0935. The van der Waals surface area contributed by atoms with Crippen molar-refractivity contribution in [2.75, 3.05) is 4.72 Å². The van der Waals surface area contributed by atoms with Crippen LogP contribution in [0.15, 0.2) is 71.6 Å². The van der Waals surface area contributed by atoms with Gasteiger partial charge in [0, 0.05) is 11.3 Å². The summed E-state index contributed by atoms with van der Waals surface area (Å²) in [6, 6.07) is 19.9. The van der Waals surface area contributed by atoms with Gasteiger partial charge in [0.25, 0.3) is 15.9 Å². The first kappa shape index (κ1) is 22.6. The summed E-state index contributed by atoms with van der Waals surface area (Å²) >= 11 is 0. The second-order valence-electron chi connectivity index (χ2n) is 7.81. The van der Waals surface area contributed by atoms with Gasteiger partial charge in [-0.15, -0.1) is 0 Å². The predicted octanol–water partition coefficient (Wildman–Crippen LogP) is 5.29. The van der Waals surface area contributed by atoms with Gasteiger partial charge in [0.15, 0.2) is 0 Å². The fourth-order valence-corrected chi connectivity index (χ4v) is 4.93. The van der Waals surface area contributed by atoms with Crippen molar-refractivity contribution in [2.45, 2.75) is 45.1 Å². The van der Waals surface area contributed by atoms with Crippen LogP contribution in [0.2, 0.25) is 0 Å². The normalized spacial score (nSPS) is 12.3. The molecule has 0 fully saturated rings. The molecule has 0 radical (unpaired) electrons. The van der Waals surface area contributed by atoms with Gasteiger partial charge in [-0.25, -0.2) is 8.42 Å². The Balaban J connectivity index is 1.87. The Kier molecular flexibility index (Phi) is 6.81. The Bertz CT molecular complexity index is 1170. The van der Waals surface area contributed by atoms with Crippen molar-refractivity contribution in [2.24, 2.45) is 0 Å². The van der Waals surface area contributed by atoms with E-state index in [0.717, 1.165) is 23.1 Å². The minimum atomic E-state index is -3.85.